The van der Waals surface area contributed by atoms with Crippen molar-refractivity contribution in [3.8, 4) is 5.69 Å². The van der Waals surface area contributed by atoms with Crippen molar-refractivity contribution < 1.29 is 14.7 Å². The van der Waals surface area contributed by atoms with Crippen LogP contribution in [0.2, 0.25) is 5.02 Å². The van der Waals surface area contributed by atoms with Gasteiger partial charge < -0.3 is 15.7 Å². The van der Waals surface area contributed by atoms with Crippen LogP contribution in [-0.2, 0) is 11.2 Å². The topological polar surface area (TPSA) is 135 Å². The van der Waals surface area contributed by atoms with Gasteiger partial charge in [-0.1, -0.05) is 11.6 Å². The highest BCUT2D eigenvalue weighted by Crippen LogP contribution is 2.20. The van der Waals surface area contributed by atoms with Crippen LogP contribution in [0, 0.1) is 0 Å². The second-order valence-corrected chi connectivity index (χ2v) is 8.26. The molecule has 2 heterocycles. The van der Waals surface area contributed by atoms with Gasteiger partial charge in [0.05, 0.1) is 17.3 Å². The van der Waals surface area contributed by atoms with Crippen LogP contribution in [0.25, 0.3) is 11.8 Å². The zero-order valence-corrected chi connectivity index (χ0v) is 19.7. The van der Waals surface area contributed by atoms with Crippen LogP contribution < -0.4 is 10.6 Å². The summed E-state index contributed by atoms with van der Waals surface area (Å²) < 4.78 is 1.49. The van der Waals surface area contributed by atoms with Crippen molar-refractivity contribution in [2.24, 2.45) is 0 Å². The van der Waals surface area contributed by atoms with E-state index >= 15 is 0 Å². The lowest BCUT2D eigenvalue weighted by Crippen LogP contribution is -2.40. The molecule has 1 atom stereocenters. The first-order chi connectivity index (χ1) is 17.5. The maximum absolute atomic E-state index is 12.8. The molecule has 0 saturated heterocycles. The van der Waals surface area contributed by atoms with E-state index in [-0.39, 0.29) is 17.5 Å². The first kappa shape index (κ1) is 24.6. The summed E-state index contributed by atoms with van der Waals surface area (Å²) in [5.41, 5.74) is 3.31. The molecule has 2 aromatic carbocycles. The molecule has 0 aliphatic rings. The molecule has 0 fully saturated rings. The molecule has 0 bridgehead atoms. The van der Waals surface area contributed by atoms with Crippen LogP contribution >= 0.6 is 11.6 Å². The van der Waals surface area contributed by atoms with Crippen LogP contribution in [0.15, 0.2) is 79.4 Å². The third-order valence-corrected chi connectivity index (χ3v) is 5.50. The molecular weight excluding hydrogens is 482 g/mol. The van der Waals surface area contributed by atoms with E-state index in [1.165, 1.54) is 29.2 Å². The summed E-state index contributed by atoms with van der Waals surface area (Å²) in [6.45, 7) is 0.418. The van der Waals surface area contributed by atoms with Gasteiger partial charge in [0.15, 0.2) is 0 Å². The Balaban J connectivity index is 1.46. The zero-order valence-electron chi connectivity index (χ0n) is 19.0. The van der Waals surface area contributed by atoms with Crippen LogP contribution in [0.3, 0.4) is 0 Å². The van der Waals surface area contributed by atoms with E-state index in [9.17, 15) is 9.59 Å². The fraction of sp³-hybridized carbons (Fsp3) is 0.120. The first-order valence-electron chi connectivity index (χ1n) is 11.0. The van der Waals surface area contributed by atoms with Gasteiger partial charge in [0.1, 0.15) is 6.33 Å². The summed E-state index contributed by atoms with van der Waals surface area (Å²) in [6.07, 6.45) is 8.51. The number of anilines is 1. The van der Waals surface area contributed by atoms with E-state index in [1.807, 2.05) is 12.1 Å². The maximum atomic E-state index is 12.8. The SMILES string of the molecule is O=C(/C=C/c1cc(Cl)ccc1-n1cnnn1)N[C@H](CNc1ccc(C(=O)O)cc1)Cc1ccncc1. The van der Waals surface area contributed by atoms with Gasteiger partial charge >= 0.3 is 5.97 Å². The summed E-state index contributed by atoms with van der Waals surface area (Å²) in [7, 11) is 0. The van der Waals surface area contributed by atoms with E-state index in [0.717, 1.165) is 11.3 Å². The molecule has 0 radical (unpaired) electrons. The maximum Gasteiger partial charge on any atom is 0.335 e. The number of carboxylic acid groups (broad SMARTS) is 1. The number of halogens is 1. The Morgan fingerprint density at radius 1 is 1.08 bits per heavy atom. The van der Waals surface area contributed by atoms with Crippen molar-refractivity contribution in [2.45, 2.75) is 12.5 Å². The number of hydrogen-bond acceptors (Lipinski definition) is 7. The van der Waals surface area contributed by atoms with Gasteiger partial charge in [-0.15, -0.1) is 5.10 Å². The average Bonchev–Trinajstić information content (AvgIpc) is 3.42. The summed E-state index contributed by atoms with van der Waals surface area (Å²) in [5.74, 6) is -1.28. The van der Waals surface area contributed by atoms with Gasteiger partial charge in [-0.2, -0.15) is 4.68 Å². The Labute approximate surface area is 211 Å². The van der Waals surface area contributed by atoms with Gasteiger partial charge in [-0.25, -0.2) is 4.79 Å². The molecule has 0 spiro atoms. The second-order valence-electron chi connectivity index (χ2n) is 7.82. The minimum absolute atomic E-state index is 0.203. The molecule has 0 aliphatic heterocycles. The third kappa shape index (κ3) is 6.73. The number of aromatic nitrogens is 5. The zero-order chi connectivity index (χ0) is 25.3. The van der Waals surface area contributed by atoms with E-state index in [2.05, 4.69) is 31.1 Å². The Hall–Kier alpha value is -4.57. The van der Waals surface area contributed by atoms with Gasteiger partial charge in [0, 0.05) is 41.3 Å². The van der Waals surface area contributed by atoms with Crippen LogP contribution in [0.1, 0.15) is 21.5 Å². The number of tetrazole rings is 1. The van der Waals surface area contributed by atoms with Crippen molar-refractivity contribution >= 4 is 35.2 Å². The number of pyridine rings is 1. The lowest BCUT2D eigenvalue weighted by atomic mass is 10.1. The standard InChI is InChI=1S/C25H22ClN7O3/c26-20-4-7-23(33-16-29-31-32-33)19(14-20)3-8-24(34)30-22(13-17-9-11-27-12-10-17)15-28-21-5-1-18(2-6-21)25(35)36/h1-12,14,16,22,28H,13,15H2,(H,30,34)(H,35,36)/b8-3+/t22-/m0/s1. The number of benzene rings is 2. The monoisotopic (exact) mass is 503 g/mol. The number of nitrogens with zero attached hydrogens (tertiary/aromatic N) is 5. The number of aromatic carboxylic acids is 1. The Morgan fingerprint density at radius 2 is 1.86 bits per heavy atom. The lowest BCUT2D eigenvalue weighted by Gasteiger charge is -2.19. The summed E-state index contributed by atoms with van der Waals surface area (Å²) in [5, 5.41) is 27.1. The molecule has 0 saturated carbocycles. The number of carbonyl (C=O) groups excluding carboxylic acids is 1. The number of amides is 1. The minimum Gasteiger partial charge on any atom is -0.478 e. The Morgan fingerprint density at radius 3 is 2.56 bits per heavy atom. The van der Waals surface area contributed by atoms with Crippen molar-refractivity contribution in [1.29, 1.82) is 0 Å². The minimum atomic E-state index is -0.987. The number of nitrogens with one attached hydrogen (secondary N) is 2. The average molecular weight is 504 g/mol. The molecule has 3 N–H and O–H groups in total. The van der Waals surface area contributed by atoms with Gasteiger partial charge in [-0.05, 0) is 83.1 Å². The fourth-order valence-electron chi connectivity index (χ4n) is 3.50. The van der Waals surface area contributed by atoms with E-state index < -0.39 is 5.97 Å². The third-order valence-electron chi connectivity index (χ3n) is 5.26. The largest absolute Gasteiger partial charge is 0.478 e. The molecule has 2 aromatic heterocycles. The van der Waals surface area contributed by atoms with E-state index in [0.29, 0.717) is 29.2 Å². The quantitative estimate of drug-likeness (QED) is 0.281. The predicted octanol–water partition coefficient (Wildman–Crippen LogP) is 3.26. The molecule has 4 rings (SSSR count). The number of carbonyl (C=O) groups is 2. The van der Waals surface area contributed by atoms with Crippen LogP contribution in [-0.4, -0.2) is 54.8 Å². The Kier molecular flexibility index (Phi) is 7.99. The van der Waals surface area contributed by atoms with Gasteiger partial charge in [0.25, 0.3) is 0 Å². The highest BCUT2D eigenvalue weighted by Gasteiger charge is 2.13. The molecule has 0 aliphatic carbocycles. The molecule has 4 aromatic rings. The molecular formula is C25H22ClN7O3. The normalized spacial score (nSPS) is 11.8. The van der Waals surface area contributed by atoms with Crippen molar-refractivity contribution in [3.05, 3.63) is 101 Å². The Bertz CT molecular complexity index is 1340. The van der Waals surface area contributed by atoms with Crippen LogP contribution in [0.4, 0.5) is 5.69 Å². The van der Waals surface area contributed by atoms with Crippen molar-refractivity contribution in [1.82, 2.24) is 30.5 Å². The summed E-state index contributed by atoms with van der Waals surface area (Å²) >= 11 is 6.15. The van der Waals surface area contributed by atoms with E-state index in [4.69, 9.17) is 16.7 Å². The number of rotatable bonds is 10. The molecule has 1 amide bonds. The molecule has 182 valence electrons. The van der Waals surface area contributed by atoms with Gasteiger partial charge in [0.2, 0.25) is 5.91 Å². The molecule has 0 unspecified atom stereocenters. The van der Waals surface area contributed by atoms with Crippen molar-refractivity contribution in [3.63, 3.8) is 0 Å². The lowest BCUT2D eigenvalue weighted by molar-refractivity contribution is -0.117. The molecule has 11 heteroatoms. The smallest absolute Gasteiger partial charge is 0.335 e. The number of hydrogen-bond donors (Lipinski definition) is 3. The van der Waals surface area contributed by atoms with Crippen molar-refractivity contribution in [2.75, 3.05) is 11.9 Å². The van der Waals surface area contributed by atoms with Crippen LogP contribution in [0.5, 0.6) is 0 Å². The molecule has 36 heavy (non-hydrogen) atoms. The van der Waals surface area contributed by atoms with Gasteiger partial charge in [-0.3, -0.25) is 9.78 Å². The summed E-state index contributed by atoms with van der Waals surface area (Å²) in [4.78, 5) is 28.0. The fourth-order valence-corrected chi connectivity index (χ4v) is 3.68. The first-order valence-corrected chi connectivity index (χ1v) is 11.3. The highest BCUT2D eigenvalue weighted by molar-refractivity contribution is 6.30. The second kappa shape index (κ2) is 11.7. The van der Waals surface area contributed by atoms with E-state index in [1.54, 1.807) is 48.8 Å². The predicted molar refractivity (Wildman–Crippen MR) is 135 cm³/mol. The highest BCUT2D eigenvalue weighted by atomic mass is 35.5. The summed E-state index contributed by atoms with van der Waals surface area (Å²) in [6, 6.07) is 15.2. The number of carboxylic acids is 1. The molecule has 10 nitrogen and oxygen atoms in total.